The van der Waals surface area contributed by atoms with Crippen LogP contribution in [0.15, 0.2) is 0 Å². The second-order valence-electron chi connectivity index (χ2n) is 15.9. The van der Waals surface area contributed by atoms with Gasteiger partial charge in [0.25, 0.3) is 0 Å². The van der Waals surface area contributed by atoms with Crippen molar-refractivity contribution in [3.05, 3.63) is 0 Å². The van der Waals surface area contributed by atoms with Crippen molar-refractivity contribution in [3.8, 4) is 0 Å². The standard InChI is InChI=1S/C31H54O/c1-21-22(20-32)9-10-23-28(21,5)12-11-24-29(23,6)16-18-31(8)25-19-26(2,3)13-14-27(25,4)15-17-30(24,31)7/h21-25,32H,9-20H2,1-8H3. The number of fused-ring (bicyclic) bond motifs is 7. The van der Waals surface area contributed by atoms with Crippen LogP contribution in [0, 0.1) is 62.1 Å². The molecular formula is C31H54O. The third-order valence-electron chi connectivity index (χ3n) is 14.4. The van der Waals surface area contributed by atoms with E-state index in [9.17, 15) is 5.11 Å². The zero-order chi connectivity index (χ0) is 23.4. The Hall–Kier alpha value is -0.0400. The molecule has 0 aromatic heterocycles. The predicted octanol–water partition coefficient (Wildman–Crippen LogP) is 8.50. The minimum Gasteiger partial charge on any atom is -0.396 e. The first-order valence-electron chi connectivity index (χ1n) is 14.4. The van der Waals surface area contributed by atoms with E-state index >= 15 is 0 Å². The van der Waals surface area contributed by atoms with Gasteiger partial charge in [0.15, 0.2) is 0 Å². The van der Waals surface area contributed by atoms with Crippen molar-refractivity contribution in [3.63, 3.8) is 0 Å². The van der Waals surface area contributed by atoms with Crippen LogP contribution in [0.3, 0.4) is 0 Å². The Morgan fingerprint density at radius 1 is 0.625 bits per heavy atom. The van der Waals surface area contributed by atoms with Crippen LogP contribution in [-0.2, 0) is 0 Å². The molecule has 5 fully saturated rings. The van der Waals surface area contributed by atoms with Crippen molar-refractivity contribution in [2.75, 3.05) is 6.61 Å². The summed E-state index contributed by atoms with van der Waals surface area (Å²) in [6.45, 7) is 21.6. The lowest BCUT2D eigenvalue weighted by Crippen LogP contribution is -2.67. The molecule has 0 aromatic carbocycles. The molecule has 0 amide bonds. The van der Waals surface area contributed by atoms with Gasteiger partial charge in [-0.3, -0.25) is 0 Å². The van der Waals surface area contributed by atoms with Gasteiger partial charge in [0, 0.05) is 6.61 Å². The molecule has 5 aliphatic rings. The summed E-state index contributed by atoms with van der Waals surface area (Å²) >= 11 is 0. The maximum Gasteiger partial charge on any atom is 0.0462 e. The molecule has 0 spiro atoms. The fourth-order valence-electron chi connectivity index (χ4n) is 11.8. The van der Waals surface area contributed by atoms with Gasteiger partial charge in [0.05, 0.1) is 0 Å². The third kappa shape index (κ3) is 2.85. The zero-order valence-corrected chi connectivity index (χ0v) is 22.8. The molecule has 0 aliphatic heterocycles. The van der Waals surface area contributed by atoms with Gasteiger partial charge in [0.2, 0.25) is 0 Å². The molecule has 184 valence electrons. The van der Waals surface area contributed by atoms with Crippen molar-refractivity contribution in [1.29, 1.82) is 0 Å². The number of hydrogen-bond acceptors (Lipinski definition) is 1. The highest BCUT2D eigenvalue weighted by Gasteiger charge is 2.70. The topological polar surface area (TPSA) is 20.2 Å². The lowest BCUT2D eigenvalue weighted by Gasteiger charge is -2.75. The fraction of sp³-hybridized carbons (Fsp3) is 1.00. The van der Waals surface area contributed by atoms with Gasteiger partial charge in [-0.25, -0.2) is 0 Å². The highest BCUT2D eigenvalue weighted by Crippen LogP contribution is 2.78. The molecule has 5 aliphatic carbocycles. The summed E-state index contributed by atoms with van der Waals surface area (Å²) in [5.41, 5.74) is 3.02. The van der Waals surface area contributed by atoms with Crippen molar-refractivity contribution in [2.45, 2.75) is 126 Å². The zero-order valence-electron chi connectivity index (χ0n) is 22.8. The van der Waals surface area contributed by atoms with Crippen LogP contribution < -0.4 is 0 Å². The largest absolute Gasteiger partial charge is 0.396 e. The second-order valence-corrected chi connectivity index (χ2v) is 15.9. The summed E-state index contributed by atoms with van der Waals surface area (Å²) in [5, 5.41) is 10.1. The Morgan fingerprint density at radius 3 is 1.94 bits per heavy atom. The van der Waals surface area contributed by atoms with Gasteiger partial charge >= 0.3 is 0 Å². The van der Waals surface area contributed by atoms with Gasteiger partial charge in [-0.05, 0) is 133 Å². The number of hydrogen-bond donors (Lipinski definition) is 1. The van der Waals surface area contributed by atoms with E-state index in [0.29, 0.717) is 50.9 Å². The van der Waals surface area contributed by atoms with E-state index in [4.69, 9.17) is 0 Å². The minimum absolute atomic E-state index is 0.398. The Kier molecular flexibility index (Phi) is 5.19. The van der Waals surface area contributed by atoms with Crippen LogP contribution in [0.4, 0.5) is 0 Å². The number of aliphatic hydroxyl groups excluding tert-OH is 1. The van der Waals surface area contributed by atoms with Gasteiger partial charge in [-0.2, -0.15) is 0 Å². The lowest BCUT2D eigenvalue weighted by molar-refractivity contribution is -0.261. The van der Waals surface area contributed by atoms with E-state index in [1.165, 1.54) is 70.6 Å². The molecule has 10 atom stereocenters. The summed E-state index contributed by atoms with van der Waals surface area (Å²) in [6, 6.07) is 0. The molecule has 1 nitrogen and oxygen atoms in total. The average Bonchev–Trinajstić information content (AvgIpc) is 2.72. The normalized spacial score (nSPS) is 59.3. The van der Waals surface area contributed by atoms with E-state index in [1.54, 1.807) is 0 Å². The van der Waals surface area contributed by atoms with Crippen LogP contribution >= 0.6 is 0 Å². The molecule has 5 rings (SSSR count). The van der Waals surface area contributed by atoms with Crippen LogP contribution in [0.1, 0.15) is 126 Å². The van der Waals surface area contributed by atoms with Gasteiger partial charge in [-0.1, -0.05) is 55.4 Å². The molecule has 0 saturated heterocycles. The highest BCUT2D eigenvalue weighted by molar-refractivity contribution is 5.19. The minimum atomic E-state index is 0.398. The average molecular weight is 443 g/mol. The predicted molar refractivity (Wildman–Crippen MR) is 135 cm³/mol. The smallest absolute Gasteiger partial charge is 0.0462 e. The molecule has 0 aromatic rings. The second kappa shape index (κ2) is 7.01. The van der Waals surface area contributed by atoms with Crippen LogP contribution in [-0.4, -0.2) is 11.7 Å². The molecular weight excluding hydrogens is 388 g/mol. The lowest BCUT2D eigenvalue weighted by atomic mass is 9.30. The summed E-state index contributed by atoms with van der Waals surface area (Å²) in [4.78, 5) is 0. The molecule has 32 heavy (non-hydrogen) atoms. The van der Waals surface area contributed by atoms with Crippen LogP contribution in [0.25, 0.3) is 0 Å². The monoisotopic (exact) mass is 442 g/mol. The van der Waals surface area contributed by atoms with Gasteiger partial charge in [-0.15, -0.1) is 0 Å². The maximum atomic E-state index is 10.1. The van der Waals surface area contributed by atoms with Crippen LogP contribution in [0.5, 0.6) is 0 Å². The summed E-state index contributed by atoms with van der Waals surface area (Å²) in [5.74, 6) is 3.84. The molecule has 10 unspecified atom stereocenters. The Morgan fingerprint density at radius 2 is 1.25 bits per heavy atom. The first-order chi connectivity index (χ1) is 14.8. The first-order valence-corrected chi connectivity index (χ1v) is 14.4. The van der Waals surface area contributed by atoms with Gasteiger partial charge < -0.3 is 5.11 Å². The molecule has 1 N–H and O–H groups in total. The third-order valence-corrected chi connectivity index (χ3v) is 14.4. The molecule has 0 heterocycles. The molecule has 0 bridgehead atoms. The van der Waals surface area contributed by atoms with Gasteiger partial charge in [0.1, 0.15) is 0 Å². The summed E-state index contributed by atoms with van der Waals surface area (Å²) in [6.07, 6.45) is 15.6. The van der Waals surface area contributed by atoms with Crippen molar-refractivity contribution in [2.24, 2.45) is 62.1 Å². The quantitative estimate of drug-likeness (QED) is 0.431. The van der Waals surface area contributed by atoms with E-state index < -0.39 is 0 Å². The van der Waals surface area contributed by atoms with E-state index in [-0.39, 0.29) is 0 Å². The van der Waals surface area contributed by atoms with Crippen molar-refractivity contribution >= 4 is 0 Å². The van der Waals surface area contributed by atoms with E-state index in [0.717, 1.165) is 17.8 Å². The first kappa shape index (κ1) is 23.7. The number of rotatable bonds is 1. The maximum absolute atomic E-state index is 10.1. The Labute approximate surface area is 199 Å². The summed E-state index contributed by atoms with van der Waals surface area (Å²) < 4.78 is 0. The number of aliphatic hydroxyl groups is 1. The SMILES string of the molecule is CC1C(CO)CCC2C1(C)CCC1C2(C)CCC2(C)C3CC(C)(C)CCC3(C)CCC12C. The Bertz CT molecular complexity index is 756. The fourth-order valence-corrected chi connectivity index (χ4v) is 11.8. The van der Waals surface area contributed by atoms with E-state index in [1.807, 2.05) is 0 Å². The van der Waals surface area contributed by atoms with E-state index in [2.05, 4.69) is 55.4 Å². The van der Waals surface area contributed by atoms with Crippen molar-refractivity contribution < 1.29 is 5.11 Å². The molecule has 1 heteroatoms. The molecule has 5 saturated carbocycles. The van der Waals surface area contributed by atoms with Crippen LogP contribution in [0.2, 0.25) is 0 Å². The summed E-state index contributed by atoms with van der Waals surface area (Å²) in [7, 11) is 0. The highest BCUT2D eigenvalue weighted by atomic mass is 16.3. The molecule has 0 radical (unpaired) electrons. The van der Waals surface area contributed by atoms with Crippen molar-refractivity contribution in [1.82, 2.24) is 0 Å². The Balaban J connectivity index is 1.52.